The molecule has 0 aliphatic carbocycles. The summed E-state index contributed by atoms with van der Waals surface area (Å²) in [5, 5.41) is 10.3. The lowest BCUT2D eigenvalue weighted by Gasteiger charge is -2.24. The highest BCUT2D eigenvalue weighted by Gasteiger charge is 2.31. The Hall–Kier alpha value is -2.60. The Morgan fingerprint density at radius 2 is 1.92 bits per heavy atom. The second-order valence-corrected chi connectivity index (χ2v) is 6.54. The van der Waals surface area contributed by atoms with Crippen molar-refractivity contribution in [2.45, 2.75) is 19.4 Å². The molecule has 2 aromatic carbocycles. The summed E-state index contributed by atoms with van der Waals surface area (Å²) in [4.78, 5) is 0. The van der Waals surface area contributed by atoms with Crippen LogP contribution < -0.4 is 14.8 Å². The normalized spacial score (nSPS) is 16.2. The summed E-state index contributed by atoms with van der Waals surface area (Å²) in [5.74, 6) is 1.40. The van der Waals surface area contributed by atoms with Crippen LogP contribution in [0.25, 0.3) is 0 Å². The molecule has 0 aromatic heterocycles. The van der Waals surface area contributed by atoms with E-state index in [-0.39, 0.29) is 6.04 Å². The van der Waals surface area contributed by atoms with E-state index in [1.54, 1.807) is 14.2 Å². The number of nitrogens with zero attached hydrogens (tertiary/aromatic N) is 2. The lowest BCUT2D eigenvalue weighted by molar-refractivity contribution is 0.346. The number of thiocarbonyl (C=S) groups is 1. The molecule has 1 atom stereocenters. The Morgan fingerprint density at radius 3 is 2.58 bits per heavy atom. The van der Waals surface area contributed by atoms with Gasteiger partial charge in [0.25, 0.3) is 0 Å². The molecule has 1 aliphatic rings. The molecule has 5 nitrogen and oxygen atoms in total. The van der Waals surface area contributed by atoms with Crippen LogP contribution in [-0.4, -0.2) is 37.1 Å². The minimum Gasteiger partial charge on any atom is -0.493 e. The highest BCUT2D eigenvalue weighted by atomic mass is 32.1. The van der Waals surface area contributed by atoms with Gasteiger partial charge in [-0.1, -0.05) is 35.9 Å². The minimum atomic E-state index is 0.00488. The van der Waals surface area contributed by atoms with Crippen LogP contribution in [0.2, 0.25) is 0 Å². The SMILES string of the molecule is CNC(=S)N1N=C(c2cccc(C)c2)C[C@H]1c1ccc(OC)c(OC)c1. The van der Waals surface area contributed by atoms with Crippen LogP contribution in [0.4, 0.5) is 0 Å². The Morgan fingerprint density at radius 1 is 1.15 bits per heavy atom. The number of ether oxygens (including phenoxy) is 2. The fraction of sp³-hybridized carbons (Fsp3) is 0.300. The third kappa shape index (κ3) is 3.51. The minimum absolute atomic E-state index is 0.00488. The fourth-order valence-corrected chi connectivity index (χ4v) is 3.30. The van der Waals surface area contributed by atoms with E-state index in [4.69, 9.17) is 26.8 Å². The summed E-state index contributed by atoms with van der Waals surface area (Å²) < 4.78 is 10.8. The summed E-state index contributed by atoms with van der Waals surface area (Å²) in [5.41, 5.74) is 4.43. The molecule has 0 unspecified atom stereocenters. The molecular weight excluding hydrogens is 346 g/mol. The fourth-order valence-electron chi connectivity index (χ4n) is 3.13. The predicted octanol–water partition coefficient (Wildman–Crippen LogP) is 3.67. The zero-order chi connectivity index (χ0) is 18.7. The first kappa shape index (κ1) is 18.2. The smallest absolute Gasteiger partial charge is 0.189 e. The van der Waals surface area contributed by atoms with Gasteiger partial charge in [-0.2, -0.15) is 5.10 Å². The average Bonchev–Trinajstić information content (AvgIpc) is 3.12. The maximum absolute atomic E-state index is 5.48. The van der Waals surface area contributed by atoms with Gasteiger partial charge in [0, 0.05) is 13.5 Å². The third-order valence-electron chi connectivity index (χ3n) is 4.48. The molecule has 0 saturated heterocycles. The molecule has 0 fully saturated rings. The molecule has 0 amide bonds. The second-order valence-electron chi connectivity index (χ2n) is 6.15. The summed E-state index contributed by atoms with van der Waals surface area (Å²) in [6.07, 6.45) is 0.765. The second kappa shape index (κ2) is 7.74. The quantitative estimate of drug-likeness (QED) is 0.833. The summed E-state index contributed by atoms with van der Waals surface area (Å²) in [6.45, 7) is 2.08. The van der Waals surface area contributed by atoms with Crippen LogP contribution in [-0.2, 0) is 0 Å². The summed E-state index contributed by atoms with van der Waals surface area (Å²) >= 11 is 5.48. The zero-order valence-corrected chi connectivity index (χ0v) is 16.3. The van der Waals surface area contributed by atoms with Crippen molar-refractivity contribution in [3.8, 4) is 11.5 Å². The Kier molecular flexibility index (Phi) is 5.42. The number of aryl methyl sites for hydroxylation is 1. The molecule has 2 aromatic rings. The van der Waals surface area contributed by atoms with Gasteiger partial charge in [-0.25, -0.2) is 5.01 Å². The van der Waals surface area contributed by atoms with Crippen molar-refractivity contribution in [3.05, 3.63) is 59.2 Å². The number of nitrogens with one attached hydrogen (secondary N) is 1. The zero-order valence-electron chi connectivity index (χ0n) is 15.4. The van der Waals surface area contributed by atoms with Crippen LogP contribution in [0.15, 0.2) is 47.6 Å². The van der Waals surface area contributed by atoms with Crippen LogP contribution in [0.1, 0.15) is 29.2 Å². The number of rotatable bonds is 4. The molecule has 1 heterocycles. The third-order valence-corrected chi connectivity index (χ3v) is 4.87. The van der Waals surface area contributed by atoms with Crippen LogP contribution in [0.3, 0.4) is 0 Å². The lowest BCUT2D eigenvalue weighted by Crippen LogP contribution is -2.34. The molecule has 1 N–H and O–H groups in total. The van der Waals surface area contributed by atoms with Gasteiger partial charge in [-0.3, -0.25) is 0 Å². The van der Waals surface area contributed by atoms with Crippen LogP contribution in [0, 0.1) is 6.92 Å². The largest absolute Gasteiger partial charge is 0.493 e. The van der Waals surface area contributed by atoms with Gasteiger partial charge < -0.3 is 14.8 Å². The van der Waals surface area contributed by atoms with Crippen LogP contribution >= 0.6 is 12.2 Å². The van der Waals surface area contributed by atoms with Crippen molar-refractivity contribution in [2.75, 3.05) is 21.3 Å². The summed E-state index contributed by atoms with van der Waals surface area (Å²) in [7, 11) is 5.09. The van der Waals surface area contributed by atoms with Crippen LogP contribution in [0.5, 0.6) is 11.5 Å². The van der Waals surface area contributed by atoms with E-state index in [0.717, 1.165) is 23.3 Å². The van der Waals surface area contributed by atoms with Crippen molar-refractivity contribution < 1.29 is 9.47 Å². The van der Waals surface area contributed by atoms with E-state index in [9.17, 15) is 0 Å². The van der Waals surface area contributed by atoms with E-state index in [2.05, 4.69) is 36.5 Å². The monoisotopic (exact) mass is 369 g/mol. The van der Waals surface area contributed by atoms with Crippen molar-refractivity contribution in [1.82, 2.24) is 10.3 Å². The summed E-state index contributed by atoms with van der Waals surface area (Å²) in [6, 6.07) is 14.3. The van der Waals surface area contributed by atoms with Gasteiger partial charge in [-0.05, 0) is 42.4 Å². The number of hydrogen-bond donors (Lipinski definition) is 1. The number of hydrogen-bond acceptors (Lipinski definition) is 4. The van der Waals surface area contributed by atoms with Gasteiger partial charge >= 0.3 is 0 Å². The Labute approximate surface area is 159 Å². The molecular formula is C20H23N3O2S. The van der Waals surface area contributed by atoms with Gasteiger partial charge in [0.1, 0.15) is 0 Å². The van der Waals surface area contributed by atoms with E-state index in [0.29, 0.717) is 16.6 Å². The number of hydrazone groups is 1. The van der Waals surface area contributed by atoms with E-state index in [1.165, 1.54) is 5.56 Å². The van der Waals surface area contributed by atoms with Crippen molar-refractivity contribution >= 4 is 23.0 Å². The molecule has 1 aliphatic heterocycles. The molecule has 0 radical (unpaired) electrons. The first-order valence-electron chi connectivity index (χ1n) is 8.44. The van der Waals surface area contributed by atoms with Gasteiger partial charge in [0.2, 0.25) is 0 Å². The molecule has 136 valence electrons. The van der Waals surface area contributed by atoms with Crippen molar-refractivity contribution in [3.63, 3.8) is 0 Å². The molecule has 3 rings (SSSR count). The molecule has 26 heavy (non-hydrogen) atoms. The first-order chi connectivity index (χ1) is 12.6. The maximum Gasteiger partial charge on any atom is 0.189 e. The lowest BCUT2D eigenvalue weighted by atomic mass is 9.97. The molecule has 6 heteroatoms. The number of methoxy groups -OCH3 is 2. The van der Waals surface area contributed by atoms with Gasteiger partial charge in [0.15, 0.2) is 16.6 Å². The van der Waals surface area contributed by atoms with Crippen molar-refractivity contribution in [2.24, 2.45) is 5.10 Å². The highest BCUT2D eigenvalue weighted by molar-refractivity contribution is 7.80. The molecule has 0 spiro atoms. The predicted molar refractivity (Wildman–Crippen MR) is 108 cm³/mol. The Balaban J connectivity index is 1.98. The van der Waals surface area contributed by atoms with Gasteiger partial charge in [-0.15, -0.1) is 0 Å². The number of benzene rings is 2. The van der Waals surface area contributed by atoms with Crippen molar-refractivity contribution in [1.29, 1.82) is 0 Å². The molecule has 0 bridgehead atoms. The first-order valence-corrected chi connectivity index (χ1v) is 8.85. The van der Waals surface area contributed by atoms with E-state index in [1.807, 2.05) is 30.3 Å². The average molecular weight is 369 g/mol. The van der Waals surface area contributed by atoms with Gasteiger partial charge in [0.05, 0.1) is 26.0 Å². The maximum atomic E-state index is 5.48. The molecule has 0 saturated carbocycles. The van der Waals surface area contributed by atoms with E-state index >= 15 is 0 Å². The standard InChI is InChI=1S/C20H23N3O2S/c1-13-6-5-7-14(10-13)16-12-17(23(22-16)20(26)21-2)15-8-9-18(24-3)19(11-15)25-4/h5-11,17H,12H2,1-4H3,(H,21,26)/t17-/m0/s1. The van der Waals surface area contributed by atoms with E-state index < -0.39 is 0 Å². The highest BCUT2D eigenvalue weighted by Crippen LogP contribution is 2.37. The topological polar surface area (TPSA) is 46.1 Å². The Bertz CT molecular complexity index is 851.